The highest BCUT2D eigenvalue weighted by atomic mass is 16.5. The van der Waals surface area contributed by atoms with Crippen LogP contribution in [0.2, 0.25) is 0 Å². The van der Waals surface area contributed by atoms with E-state index in [0.717, 1.165) is 42.6 Å². The van der Waals surface area contributed by atoms with Crippen molar-refractivity contribution in [3.63, 3.8) is 0 Å². The molecule has 4 fully saturated rings. The highest BCUT2D eigenvalue weighted by Gasteiger charge is 2.51. The lowest BCUT2D eigenvalue weighted by Crippen LogP contribution is -2.59. The molecule has 31 heavy (non-hydrogen) atoms. The molecule has 0 aromatic heterocycles. The van der Waals surface area contributed by atoms with Crippen molar-refractivity contribution in [3.8, 4) is 17.2 Å². The van der Waals surface area contributed by atoms with E-state index in [2.05, 4.69) is 5.32 Å². The molecular weight excluding hydrogens is 390 g/mol. The first-order valence-electron chi connectivity index (χ1n) is 11.3. The zero-order valence-electron chi connectivity index (χ0n) is 18.4. The molecular formula is C26H31NO4. The second kappa shape index (κ2) is 8.10. The predicted molar refractivity (Wildman–Crippen MR) is 119 cm³/mol. The summed E-state index contributed by atoms with van der Waals surface area (Å²) in [4.78, 5) is 13.3. The minimum absolute atomic E-state index is 0.0330. The molecule has 4 aliphatic rings. The molecule has 2 aromatic rings. The molecule has 4 aliphatic carbocycles. The standard InChI is InChI=1S/C26H31NO4/c1-29-22-11-21(12-23(30-2)24(22)31-16-17-6-4-3-5-7-17)25(28)27-26-13-18-8-19(14-26)10-20(9-18)15-26/h3-7,11-12,18-20H,8-10,13-16H2,1-2H3,(H,27,28). The van der Waals surface area contributed by atoms with Crippen LogP contribution >= 0.6 is 0 Å². The molecule has 0 saturated heterocycles. The molecule has 0 unspecified atom stereocenters. The van der Waals surface area contributed by atoms with Gasteiger partial charge in [0.25, 0.3) is 5.91 Å². The maximum Gasteiger partial charge on any atom is 0.251 e. The summed E-state index contributed by atoms with van der Waals surface area (Å²) < 4.78 is 17.2. The van der Waals surface area contributed by atoms with Crippen molar-refractivity contribution in [2.45, 2.75) is 50.7 Å². The van der Waals surface area contributed by atoms with Gasteiger partial charge in [0, 0.05) is 11.1 Å². The van der Waals surface area contributed by atoms with Gasteiger partial charge < -0.3 is 19.5 Å². The van der Waals surface area contributed by atoms with Crippen LogP contribution in [0, 0.1) is 17.8 Å². The number of benzene rings is 2. The normalized spacial score (nSPS) is 28.3. The fourth-order valence-corrected chi connectivity index (χ4v) is 6.46. The van der Waals surface area contributed by atoms with Crippen LogP contribution in [0.15, 0.2) is 42.5 Å². The molecule has 4 bridgehead atoms. The Kier molecular flexibility index (Phi) is 5.28. The Balaban J connectivity index is 1.36. The van der Waals surface area contributed by atoms with Gasteiger partial charge in [-0.05, 0) is 74.0 Å². The van der Waals surface area contributed by atoms with Crippen molar-refractivity contribution in [2.75, 3.05) is 14.2 Å². The Morgan fingerprint density at radius 2 is 1.48 bits per heavy atom. The Bertz CT molecular complexity index is 895. The average molecular weight is 422 g/mol. The van der Waals surface area contributed by atoms with Gasteiger partial charge in [0.1, 0.15) is 6.61 Å². The van der Waals surface area contributed by atoms with Crippen LogP contribution in [0.25, 0.3) is 0 Å². The number of ether oxygens (including phenoxy) is 3. The van der Waals surface area contributed by atoms with Gasteiger partial charge in [-0.1, -0.05) is 30.3 Å². The third-order valence-corrected chi connectivity index (χ3v) is 7.37. The van der Waals surface area contributed by atoms with Gasteiger partial charge in [-0.15, -0.1) is 0 Å². The van der Waals surface area contributed by atoms with E-state index in [1.165, 1.54) is 19.3 Å². The summed E-state index contributed by atoms with van der Waals surface area (Å²) in [6.07, 6.45) is 7.42. The van der Waals surface area contributed by atoms with Crippen molar-refractivity contribution >= 4 is 5.91 Å². The summed E-state index contributed by atoms with van der Waals surface area (Å²) in [6, 6.07) is 13.5. The van der Waals surface area contributed by atoms with Gasteiger partial charge in [0.15, 0.2) is 11.5 Å². The maximum absolute atomic E-state index is 13.3. The third-order valence-electron chi connectivity index (χ3n) is 7.37. The smallest absolute Gasteiger partial charge is 0.251 e. The molecule has 1 amide bonds. The molecule has 4 saturated carbocycles. The van der Waals surface area contributed by atoms with Crippen LogP contribution in [0.1, 0.15) is 54.4 Å². The highest BCUT2D eigenvalue weighted by Crippen LogP contribution is 2.55. The first-order valence-corrected chi connectivity index (χ1v) is 11.3. The Morgan fingerprint density at radius 1 is 0.935 bits per heavy atom. The van der Waals surface area contributed by atoms with Crippen LogP contribution < -0.4 is 19.5 Å². The van der Waals surface area contributed by atoms with Crippen LogP contribution in [0.5, 0.6) is 17.2 Å². The highest BCUT2D eigenvalue weighted by molar-refractivity contribution is 5.96. The molecule has 0 heterocycles. The average Bonchev–Trinajstić information content (AvgIpc) is 2.76. The number of carbonyl (C=O) groups is 1. The quantitative estimate of drug-likeness (QED) is 0.685. The van der Waals surface area contributed by atoms with Gasteiger partial charge in [-0.3, -0.25) is 4.79 Å². The summed E-state index contributed by atoms with van der Waals surface area (Å²) in [7, 11) is 3.18. The number of methoxy groups -OCH3 is 2. The van der Waals surface area contributed by atoms with E-state index in [9.17, 15) is 4.79 Å². The number of amides is 1. The summed E-state index contributed by atoms with van der Waals surface area (Å²) in [5, 5.41) is 3.43. The van der Waals surface area contributed by atoms with Gasteiger partial charge in [-0.25, -0.2) is 0 Å². The topological polar surface area (TPSA) is 56.8 Å². The molecule has 2 aromatic carbocycles. The molecule has 5 nitrogen and oxygen atoms in total. The van der Waals surface area contributed by atoms with Gasteiger partial charge in [0.2, 0.25) is 5.75 Å². The van der Waals surface area contributed by atoms with E-state index in [1.807, 2.05) is 30.3 Å². The third kappa shape index (κ3) is 3.98. The SMILES string of the molecule is COc1cc(C(=O)NC23CC4CC(CC(C4)C2)C3)cc(OC)c1OCc1ccccc1. The Morgan fingerprint density at radius 3 is 2.00 bits per heavy atom. The zero-order valence-corrected chi connectivity index (χ0v) is 18.4. The van der Waals surface area contributed by atoms with E-state index in [-0.39, 0.29) is 11.4 Å². The first-order chi connectivity index (χ1) is 15.1. The lowest BCUT2D eigenvalue weighted by atomic mass is 9.53. The van der Waals surface area contributed by atoms with Gasteiger partial charge in [0.05, 0.1) is 14.2 Å². The van der Waals surface area contributed by atoms with Crippen molar-refractivity contribution in [3.05, 3.63) is 53.6 Å². The molecule has 0 radical (unpaired) electrons. The second-order valence-corrected chi connectivity index (χ2v) is 9.64. The summed E-state index contributed by atoms with van der Waals surface area (Å²) >= 11 is 0. The van der Waals surface area contributed by atoms with Crippen LogP contribution in [-0.4, -0.2) is 25.7 Å². The number of nitrogens with one attached hydrogen (secondary N) is 1. The monoisotopic (exact) mass is 421 g/mol. The fourth-order valence-electron chi connectivity index (χ4n) is 6.46. The summed E-state index contributed by atoms with van der Waals surface area (Å²) in [5.74, 6) is 3.82. The van der Waals surface area contributed by atoms with Crippen LogP contribution in [0.4, 0.5) is 0 Å². The number of hydrogen-bond donors (Lipinski definition) is 1. The minimum atomic E-state index is -0.0480. The Hall–Kier alpha value is -2.69. The second-order valence-electron chi connectivity index (χ2n) is 9.64. The van der Waals surface area contributed by atoms with Crippen molar-refractivity contribution < 1.29 is 19.0 Å². The van der Waals surface area contributed by atoms with Crippen molar-refractivity contribution in [1.82, 2.24) is 5.32 Å². The minimum Gasteiger partial charge on any atom is -0.493 e. The predicted octanol–water partition coefficient (Wildman–Crippen LogP) is 4.98. The first kappa shape index (κ1) is 20.2. The lowest BCUT2D eigenvalue weighted by molar-refractivity contribution is -0.0167. The van der Waals surface area contributed by atoms with Gasteiger partial charge in [-0.2, -0.15) is 0 Å². The number of carbonyl (C=O) groups excluding carboxylic acids is 1. The molecule has 0 aliphatic heterocycles. The molecule has 6 rings (SSSR count). The van der Waals surface area contributed by atoms with Crippen LogP contribution in [-0.2, 0) is 6.61 Å². The molecule has 1 N–H and O–H groups in total. The van der Waals surface area contributed by atoms with Gasteiger partial charge >= 0.3 is 0 Å². The Labute approximate surface area is 184 Å². The van der Waals surface area contributed by atoms with E-state index in [1.54, 1.807) is 26.4 Å². The van der Waals surface area contributed by atoms with E-state index in [0.29, 0.717) is 29.4 Å². The van der Waals surface area contributed by atoms with E-state index >= 15 is 0 Å². The summed E-state index contributed by atoms with van der Waals surface area (Å²) in [5.41, 5.74) is 1.57. The molecule has 0 atom stereocenters. The summed E-state index contributed by atoms with van der Waals surface area (Å²) in [6.45, 7) is 0.395. The number of hydrogen-bond acceptors (Lipinski definition) is 4. The van der Waals surface area contributed by atoms with E-state index < -0.39 is 0 Å². The number of rotatable bonds is 7. The molecule has 5 heteroatoms. The van der Waals surface area contributed by atoms with Crippen molar-refractivity contribution in [2.24, 2.45) is 17.8 Å². The van der Waals surface area contributed by atoms with E-state index in [4.69, 9.17) is 14.2 Å². The maximum atomic E-state index is 13.3. The molecule has 164 valence electrons. The van der Waals surface area contributed by atoms with Crippen molar-refractivity contribution in [1.29, 1.82) is 0 Å². The zero-order chi connectivity index (χ0) is 21.4. The van der Waals surface area contributed by atoms with Crippen LogP contribution in [0.3, 0.4) is 0 Å². The lowest BCUT2D eigenvalue weighted by Gasteiger charge is -2.56. The fraction of sp³-hybridized carbons (Fsp3) is 0.500. The largest absolute Gasteiger partial charge is 0.493 e. The molecule has 0 spiro atoms.